The molecular weight excluding hydrogens is 392 g/mol. The number of hydrogen-bond donors (Lipinski definition) is 3. The van der Waals surface area contributed by atoms with Crippen molar-refractivity contribution in [3.05, 3.63) is 51.1 Å². The molecule has 1 aromatic carbocycles. The highest BCUT2D eigenvalue weighted by atomic mass is 16.3. The van der Waals surface area contributed by atoms with Crippen LogP contribution >= 0.6 is 0 Å². The number of quaternary nitrogens is 1. The van der Waals surface area contributed by atoms with E-state index in [4.69, 9.17) is 0 Å². The van der Waals surface area contributed by atoms with Crippen LogP contribution in [-0.4, -0.2) is 43.4 Å². The molecule has 168 valence electrons. The average molecular weight is 428 g/mol. The molecule has 0 aliphatic heterocycles. The molecule has 8 heteroatoms. The standard InChI is InChI=1S/C23H34N6O2/c1-7-20(21-25-26-27-29(21)23(5,6)8-2)28(9-10-30)14-18-13-17-11-15(3)16(4)12-19(17)24-22(18)31/h11-13,20,30H,7-10,14H2,1-6H3,(H,24,31)/p+1/t20-/m0/s1. The molecule has 2 atom stereocenters. The third-order valence-electron chi connectivity index (χ3n) is 6.53. The van der Waals surface area contributed by atoms with E-state index in [0.717, 1.165) is 40.0 Å². The molecule has 0 radical (unpaired) electrons. The van der Waals surface area contributed by atoms with Gasteiger partial charge < -0.3 is 15.0 Å². The Balaban J connectivity index is 2.01. The van der Waals surface area contributed by atoms with Crippen molar-refractivity contribution in [1.29, 1.82) is 0 Å². The summed E-state index contributed by atoms with van der Waals surface area (Å²) in [4.78, 5) is 17.0. The van der Waals surface area contributed by atoms with E-state index in [0.29, 0.717) is 18.7 Å². The van der Waals surface area contributed by atoms with Gasteiger partial charge >= 0.3 is 0 Å². The summed E-state index contributed by atoms with van der Waals surface area (Å²) >= 11 is 0. The molecule has 2 aromatic heterocycles. The summed E-state index contributed by atoms with van der Waals surface area (Å²) in [7, 11) is 0. The van der Waals surface area contributed by atoms with Gasteiger partial charge in [0.1, 0.15) is 19.1 Å². The van der Waals surface area contributed by atoms with Crippen LogP contribution in [0.3, 0.4) is 0 Å². The maximum Gasteiger partial charge on any atom is 0.257 e. The van der Waals surface area contributed by atoms with Gasteiger partial charge in [-0.05, 0) is 79.3 Å². The Morgan fingerprint density at radius 2 is 1.90 bits per heavy atom. The summed E-state index contributed by atoms with van der Waals surface area (Å²) < 4.78 is 1.90. The maximum absolute atomic E-state index is 12.9. The summed E-state index contributed by atoms with van der Waals surface area (Å²) in [5, 5.41) is 23.4. The second kappa shape index (κ2) is 9.28. The highest BCUT2D eigenvalue weighted by Gasteiger charge is 2.33. The van der Waals surface area contributed by atoms with E-state index in [1.54, 1.807) is 0 Å². The van der Waals surface area contributed by atoms with Crippen molar-refractivity contribution in [1.82, 2.24) is 25.2 Å². The number of aliphatic hydroxyl groups is 1. The van der Waals surface area contributed by atoms with Gasteiger partial charge in [-0.3, -0.25) is 4.79 Å². The van der Waals surface area contributed by atoms with Crippen molar-refractivity contribution in [2.24, 2.45) is 0 Å². The van der Waals surface area contributed by atoms with Crippen molar-refractivity contribution in [2.75, 3.05) is 13.2 Å². The fourth-order valence-electron chi connectivity index (χ4n) is 4.07. The molecular formula is C23H35N6O2+. The van der Waals surface area contributed by atoms with Crippen LogP contribution in [0.15, 0.2) is 23.0 Å². The Hall–Kier alpha value is -2.58. The molecule has 1 unspecified atom stereocenters. The topological polar surface area (TPSA) is 101 Å². The monoisotopic (exact) mass is 427 g/mol. The molecule has 0 spiro atoms. The Labute approximate surface area is 183 Å². The Bertz CT molecular complexity index is 1100. The lowest BCUT2D eigenvalue weighted by Crippen LogP contribution is -3.11. The number of benzene rings is 1. The van der Waals surface area contributed by atoms with Gasteiger partial charge in [-0.15, -0.1) is 5.10 Å². The highest BCUT2D eigenvalue weighted by Crippen LogP contribution is 2.22. The number of nitrogens with one attached hydrogen (secondary N) is 2. The number of aliphatic hydroxyl groups excluding tert-OH is 1. The number of nitrogens with zero attached hydrogens (tertiary/aromatic N) is 4. The van der Waals surface area contributed by atoms with E-state index >= 15 is 0 Å². The van der Waals surface area contributed by atoms with Crippen LogP contribution < -0.4 is 10.5 Å². The lowest BCUT2D eigenvalue weighted by atomic mass is 10.0. The second-order valence-corrected chi connectivity index (χ2v) is 9.03. The first-order chi connectivity index (χ1) is 14.7. The molecule has 3 rings (SSSR count). The first-order valence-corrected chi connectivity index (χ1v) is 11.1. The smallest absolute Gasteiger partial charge is 0.257 e. The first kappa shape index (κ1) is 23.1. The average Bonchev–Trinajstić information content (AvgIpc) is 3.21. The van der Waals surface area contributed by atoms with Gasteiger partial charge in [-0.25, -0.2) is 4.68 Å². The SMILES string of the molecule is CC[C@@H](c1nnnn1C(C)(C)CC)[NH+](CCO)Cc1cc2cc(C)c(C)cc2[nH]c1=O. The van der Waals surface area contributed by atoms with E-state index in [-0.39, 0.29) is 23.7 Å². The van der Waals surface area contributed by atoms with Gasteiger partial charge in [0.25, 0.3) is 5.56 Å². The van der Waals surface area contributed by atoms with Gasteiger partial charge in [0.2, 0.25) is 5.82 Å². The number of pyridine rings is 1. The zero-order valence-electron chi connectivity index (χ0n) is 19.5. The van der Waals surface area contributed by atoms with Crippen molar-refractivity contribution in [3.8, 4) is 0 Å². The minimum absolute atomic E-state index is 0.0222. The summed E-state index contributed by atoms with van der Waals surface area (Å²) in [5.41, 5.74) is 3.59. The van der Waals surface area contributed by atoms with Crippen LogP contribution in [0.5, 0.6) is 0 Å². The van der Waals surface area contributed by atoms with Gasteiger partial charge in [0.05, 0.1) is 17.7 Å². The number of aryl methyl sites for hydroxylation is 2. The predicted molar refractivity (Wildman–Crippen MR) is 121 cm³/mol. The predicted octanol–water partition coefficient (Wildman–Crippen LogP) is 1.81. The second-order valence-electron chi connectivity index (χ2n) is 9.03. The number of aromatic amines is 1. The summed E-state index contributed by atoms with van der Waals surface area (Å²) in [5.74, 6) is 0.793. The van der Waals surface area contributed by atoms with Crippen molar-refractivity contribution in [3.63, 3.8) is 0 Å². The van der Waals surface area contributed by atoms with Crippen molar-refractivity contribution < 1.29 is 10.0 Å². The van der Waals surface area contributed by atoms with E-state index in [2.05, 4.69) is 61.2 Å². The van der Waals surface area contributed by atoms with Crippen LogP contribution in [0.1, 0.15) is 69.1 Å². The Morgan fingerprint density at radius 3 is 2.55 bits per heavy atom. The molecule has 2 heterocycles. The number of rotatable bonds is 9. The Kier molecular flexibility index (Phi) is 6.91. The lowest BCUT2D eigenvalue weighted by Gasteiger charge is -2.30. The number of tetrazole rings is 1. The van der Waals surface area contributed by atoms with E-state index in [1.165, 1.54) is 5.56 Å². The van der Waals surface area contributed by atoms with Gasteiger partial charge in [-0.1, -0.05) is 13.8 Å². The lowest BCUT2D eigenvalue weighted by molar-refractivity contribution is -0.946. The molecule has 0 aliphatic rings. The van der Waals surface area contributed by atoms with E-state index in [1.807, 2.05) is 23.7 Å². The van der Waals surface area contributed by atoms with Crippen molar-refractivity contribution in [2.45, 2.75) is 72.5 Å². The maximum atomic E-state index is 12.9. The van der Waals surface area contributed by atoms with Gasteiger partial charge in [0, 0.05) is 11.9 Å². The molecule has 0 saturated heterocycles. The molecule has 3 N–H and O–H groups in total. The van der Waals surface area contributed by atoms with Gasteiger partial charge in [0.15, 0.2) is 0 Å². The third kappa shape index (κ3) is 4.70. The summed E-state index contributed by atoms with van der Waals surface area (Å²) in [6.45, 7) is 13.6. The van der Waals surface area contributed by atoms with Crippen molar-refractivity contribution >= 4 is 10.9 Å². The van der Waals surface area contributed by atoms with Crippen LogP contribution in [-0.2, 0) is 12.1 Å². The molecule has 0 fully saturated rings. The first-order valence-electron chi connectivity index (χ1n) is 11.1. The zero-order chi connectivity index (χ0) is 22.8. The summed E-state index contributed by atoms with van der Waals surface area (Å²) in [6, 6.07) is 6.06. The minimum atomic E-state index is -0.216. The van der Waals surface area contributed by atoms with Crippen LogP contribution in [0.4, 0.5) is 0 Å². The molecule has 0 aliphatic carbocycles. The summed E-state index contributed by atoms with van der Waals surface area (Å²) in [6.07, 6.45) is 1.68. The molecule has 0 saturated carbocycles. The molecule has 0 bridgehead atoms. The highest BCUT2D eigenvalue weighted by molar-refractivity contribution is 5.80. The molecule has 0 amide bonds. The normalized spacial score (nSPS) is 14.2. The van der Waals surface area contributed by atoms with Crippen LogP contribution in [0.2, 0.25) is 0 Å². The molecule has 3 aromatic rings. The third-order valence-corrected chi connectivity index (χ3v) is 6.53. The van der Waals surface area contributed by atoms with Crippen LogP contribution in [0, 0.1) is 13.8 Å². The molecule has 31 heavy (non-hydrogen) atoms. The number of aromatic nitrogens is 5. The zero-order valence-corrected chi connectivity index (χ0v) is 19.5. The van der Waals surface area contributed by atoms with Crippen LogP contribution in [0.25, 0.3) is 10.9 Å². The minimum Gasteiger partial charge on any atom is -0.391 e. The van der Waals surface area contributed by atoms with E-state index in [9.17, 15) is 9.90 Å². The quantitative estimate of drug-likeness (QED) is 0.483. The number of H-pyrrole nitrogens is 1. The Morgan fingerprint density at radius 1 is 1.19 bits per heavy atom. The fourth-order valence-corrected chi connectivity index (χ4v) is 4.07. The number of hydrogen-bond acceptors (Lipinski definition) is 5. The van der Waals surface area contributed by atoms with Gasteiger partial charge in [-0.2, -0.15) is 0 Å². The fraction of sp³-hybridized carbons (Fsp3) is 0.565. The number of fused-ring (bicyclic) bond motifs is 1. The largest absolute Gasteiger partial charge is 0.391 e. The molecule has 8 nitrogen and oxygen atoms in total. The van der Waals surface area contributed by atoms with E-state index < -0.39 is 0 Å².